The van der Waals surface area contributed by atoms with E-state index in [2.05, 4.69) is 0 Å². The van der Waals surface area contributed by atoms with Crippen molar-refractivity contribution in [3.05, 3.63) is 0 Å². The number of aliphatic hydroxyl groups is 6. The van der Waals surface area contributed by atoms with Crippen molar-refractivity contribution < 1.29 is 59.1 Å². The summed E-state index contributed by atoms with van der Waals surface area (Å²) in [5.74, 6) is 0. The number of hydrogen-bond donors (Lipinski definition) is 14. The van der Waals surface area contributed by atoms with Gasteiger partial charge < -0.3 is 105 Å². The van der Waals surface area contributed by atoms with E-state index in [-0.39, 0.29) is 25.9 Å². The number of hydrogen-bond acceptors (Lipinski definition) is 20. The van der Waals surface area contributed by atoms with E-state index >= 15 is 0 Å². The zero-order valence-electron chi connectivity index (χ0n) is 31.2. The molecule has 2 aliphatic carbocycles. The Labute approximate surface area is 317 Å². The van der Waals surface area contributed by atoms with Crippen LogP contribution in [0.5, 0.6) is 0 Å². The number of rotatable bonds is 19. The third-order valence-corrected chi connectivity index (χ3v) is 11.3. The molecule has 0 aromatic heterocycles. The highest BCUT2D eigenvalue weighted by atomic mass is 16.7. The van der Waals surface area contributed by atoms with Crippen LogP contribution >= 0.6 is 0 Å². The largest absolute Gasteiger partial charge is 0.389 e. The first-order chi connectivity index (χ1) is 25.7. The van der Waals surface area contributed by atoms with Crippen LogP contribution in [0.2, 0.25) is 0 Å². The van der Waals surface area contributed by atoms with Crippen molar-refractivity contribution in [3.63, 3.8) is 0 Å². The predicted octanol–water partition coefficient (Wildman–Crippen LogP) is -6.05. The van der Waals surface area contributed by atoms with Gasteiger partial charge in [0.1, 0.15) is 61.0 Å². The summed E-state index contributed by atoms with van der Waals surface area (Å²) in [6, 6.07) is -4.51. The molecule has 0 aromatic carbocycles. The standard InChI is InChI=1S/C34H70N8O12/c35-13-19-25(45)27(47)21(41)33(51-19)53-29-17(39)11-15(37)23(43)31(29)49-9-7-5-3-1-2-4-6-8-10-50-32-24(44)16(38)12-18(40)30(32)54-34-22(42)28(48)26(46)20(14-36)52-34/h15-34,43-48H,1-14,35-42H2/t15-,16+,17+,18-,19-,20-,21-,22-,23+,24-,25-,26-,27-,28-,29-,30+,31-,32+,33-,34-/m1/s1. The van der Waals surface area contributed by atoms with Crippen molar-refractivity contribution in [2.24, 2.45) is 45.9 Å². The molecule has 2 saturated heterocycles. The second-order valence-electron chi connectivity index (χ2n) is 15.5. The molecule has 22 N–H and O–H groups in total. The van der Waals surface area contributed by atoms with E-state index in [9.17, 15) is 30.6 Å². The number of nitrogens with two attached hydrogens (primary N) is 8. The molecule has 20 heteroatoms. The van der Waals surface area contributed by atoms with Crippen LogP contribution in [0, 0.1) is 0 Å². The molecule has 0 bridgehead atoms. The van der Waals surface area contributed by atoms with Gasteiger partial charge >= 0.3 is 0 Å². The minimum Gasteiger partial charge on any atom is -0.389 e. The molecule has 4 aliphatic rings. The molecule has 0 spiro atoms. The van der Waals surface area contributed by atoms with Crippen molar-refractivity contribution in [3.8, 4) is 0 Å². The number of unbranched alkanes of at least 4 members (excludes halogenated alkanes) is 7. The lowest BCUT2D eigenvalue weighted by Crippen LogP contribution is -2.67. The van der Waals surface area contributed by atoms with Gasteiger partial charge in [-0.3, -0.25) is 0 Å². The zero-order chi connectivity index (χ0) is 39.7. The fraction of sp³-hybridized carbons (Fsp3) is 1.00. The maximum Gasteiger partial charge on any atom is 0.176 e. The quantitative estimate of drug-likeness (QED) is 0.0542. The van der Waals surface area contributed by atoms with Gasteiger partial charge in [-0.15, -0.1) is 0 Å². The minimum atomic E-state index is -1.32. The molecule has 2 saturated carbocycles. The van der Waals surface area contributed by atoms with Gasteiger partial charge in [-0.25, -0.2) is 0 Å². The Morgan fingerprint density at radius 3 is 1.09 bits per heavy atom. The van der Waals surface area contributed by atoms with E-state index in [1.54, 1.807) is 0 Å². The highest BCUT2D eigenvalue weighted by molar-refractivity contribution is 5.02. The van der Waals surface area contributed by atoms with Gasteiger partial charge in [0.15, 0.2) is 12.6 Å². The Morgan fingerprint density at radius 1 is 0.426 bits per heavy atom. The maximum atomic E-state index is 10.9. The summed E-state index contributed by atoms with van der Waals surface area (Å²) >= 11 is 0. The van der Waals surface area contributed by atoms with E-state index in [0.29, 0.717) is 13.2 Å². The molecular weight excluding hydrogens is 712 g/mol. The first-order valence-electron chi connectivity index (χ1n) is 19.6. The van der Waals surface area contributed by atoms with Gasteiger partial charge in [0.2, 0.25) is 0 Å². The van der Waals surface area contributed by atoms with Crippen LogP contribution in [0.4, 0.5) is 0 Å². The monoisotopic (exact) mass is 783 g/mol. The topological polar surface area (TPSA) is 385 Å². The van der Waals surface area contributed by atoms with Gasteiger partial charge in [-0.05, 0) is 25.7 Å². The normalized spacial score (nSPS) is 46.1. The Balaban J connectivity index is 1.13. The summed E-state index contributed by atoms with van der Waals surface area (Å²) in [6.45, 7) is 0.592. The highest BCUT2D eigenvalue weighted by Gasteiger charge is 2.50. The summed E-state index contributed by atoms with van der Waals surface area (Å²) in [5.41, 5.74) is 48.6. The molecule has 4 fully saturated rings. The third-order valence-electron chi connectivity index (χ3n) is 11.3. The van der Waals surface area contributed by atoms with Crippen molar-refractivity contribution in [2.45, 2.75) is 186 Å². The smallest absolute Gasteiger partial charge is 0.176 e. The Morgan fingerprint density at radius 2 is 0.759 bits per heavy atom. The SMILES string of the molecule is NC[C@H]1O[C@H](O[C@@H]2[C@@H](OCCCCCCCCCCO[C@@H]3[C@@H](O)[C@H](N)C[C@H](N)[C@H]3O[C@H]3O[C@H](CN)[C@@H](O)[C@H](O)[C@H]3N)[C@H](O)[C@@H](N)C[C@H]2N)[C@H](N)[C@@H](O)[C@@H]1O. The maximum absolute atomic E-state index is 10.9. The van der Waals surface area contributed by atoms with Gasteiger partial charge in [-0.1, -0.05) is 38.5 Å². The molecule has 20 nitrogen and oxygen atoms in total. The molecule has 318 valence electrons. The molecule has 2 heterocycles. The first kappa shape index (κ1) is 45.9. The van der Waals surface area contributed by atoms with Crippen LogP contribution < -0.4 is 45.9 Å². The number of aliphatic hydroxyl groups excluding tert-OH is 6. The van der Waals surface area contributed by atoms with Gasteiger partial charge in [-0.2, -0.15) is 0 Å². The van der Waals surface area contributed by atoms with Gasteiger partial charge in [0.25, 0.3) is 0 Å². The third kappa shape index (κ3) is 11.4. The van der Waals surface area contributed by atoms with Crippen LogP contribution in [-0.2, 0) is 28.4 Å². The fourth-order valence-electron chi connectivity index (χ4n) is 7.84. The first-order valence-corrected chi connectivity index (χ1v) is 19.6. The highest BCUT2D eigenvalue weighted by Crippen LogP contribution is 2.30. The summed E-state index contributed by atoms with van der Waals surface area (Å²) in [6.07, 6.45) is -6.64. The zero-order valence-corrected chi connectivity index (χ0v) is 31.2. The average Bonchev–Trinajstić information content (AvgIpc) is 3.14. The second kappa shape index (κ2) is 21.8. The van der Waals surface area contributed by atoms with E-state index in [1.807, 2.05) is 0 Å². The van der Waals surface area contributed by atoms with Crippen molar-refractivity contribution in [1.82, 2.24) is 0 Å². The minimum absolute atomic E-state index is 0.0539. The van der Waals surface area contributed by atoms with Crippen LogP contribution in [0.25, 0.3) is 0 Å². The van der Waals surface area contributed by atoms with Crippen molar-refractivity contribution in [2.75, 3.05) is 26.3 Å². The lowest BCUT2D eigenvalue weighted by molar-refractivity contribution is -0.291. The number of ether oxygens (including phenoxy) is 6. The molecule has 2 aliphatic heterocycles. The van der Waals surface area contributed by atoms with E-state index in [1.165, 1.54) is 0 Å². The summed E-state index contributed by atoms with van der Waals surface area (Å²) in [4.78, 5) is 0. The second-order valence-corrected chi connectivity index (χ2v) is 15.5. The van der Waals surface area contributed by atoms with Crippen LogP contribution in [0.3, 0.4) is 0 Å². The average molecular weight is 783 g/mol. The molecule has 0 amide bonds. The lowest BCUT2D eigenvalue weighted by Gasteiger charge is -2.46. The van der Waals surface area contributed by atoms with Crippen LogP contribution in [0.1, 0.15) is 64.2 Å². The van der Waals surface area contributed by atoms with Gasteiger partial charge in [0.05, 0.1) is 24.3 Å². The van der Waals surface area contributed by atoms with Crippen LogP contribution in [0.15, 0.2) is 0 Å². The molecular formula is C34H70N8O12. The van der Waals surface area contributed by atoms with Crippen molar-refractivity contribution >= 4 is 0 Å². The fourth-order valence-corrected chi connectivity index (χ4v) is 7.84. The lowest BCUT2D eigenvalue weighted by atomic mass is 9.84. The Bertz CT molecular complexity index is 998. The Hall–Kier alpha value is -0.800. The molecule has 0 unspecified atom stereocenters. The van der Waals surface area contributed by atoms with Crippen molar-refractivity contribution in [1.29, 1.82) is 0 Å². The van der Waals surface area contributed by atoms with E-state index < -0.39 is 122 Å². The molecule has 0 aromatic rings. The van der Waals surface area contributed by atoms with Gasteiger partial charge in [0, 0.05) is 50.5 Å². The summed E-state index contributed by atoms with van der Waals surface area (Å²) < 4.78 is 35.8. The summed E-state index contributed by atoms with van der Waals surface area (Å²) in [5, 5.41) is 62.9. The van der Waals surface area contributed by atoms with E-state index in [4.69, 9.17) is 74.3 Å². The molecule has 4 rings (SSSR count). The summed E-state index contributed by atoms with van der Waals surface area (Å²) in [7, 11) is 0. The molecule has 54 heavy (non-hydrogen) atoms. The molecule has 0 radical (unpaired) electrons. The predicted molar refractivity (Wildman–Crippen MR) is 195 cm³/mol. The van der Waals surface area contributed by atoms with E-state index in [0.717, 1.165) is 51.4 Å². The Kier molecular flexibility index (Phi) is 18.5. The molecule has 20 atom stereocenters. The van der Waals surface area contributed by atoms with Crippen LogP contribution in [-0.4, -0.2) is 179 Å².